The molecule has 3 nitrogen and oxygen atoms in total. The van der Waals surface area contributed by atoms with Gasteiger partial charge in [-0.25, -0.2) is 9.97 Å². The van der Waals surface area contributed by atoms with Crippen LogP contribution in [0.1, 0.15) is 51.6 Å². The van der Waals surface area contributed by atoms with Gasteiger partial charge in [-0.15, -0.1) is 0 Å². The summed E-state index contributed by atoms with van der Waals surface area (Å²) in [5, 5.41) is 3.25. The number of aromatic nitrogens is 2. The summed E-state index contributed by atoms with van der Waals surface area (Å²) in [6, 6.07) is 2.05. The highest BCUT2D eigenvalue weighted by atomic mass is 15.0. The fraction of sp³-hybridized carbons (Fsp3) is 0.667. The maximum atomic E-state index is 4.55. The normalized spacial score (nSPS) is 10.7. The molecule has 0 radical (unpaired) electrons. The summed E-state index contributed by atoms with van der Waals surface area (Å²) in [7, 11) is 0. The van der Waals surface area contributed by atoms with Crippen LogP contribution in [0, 0.1) is 0 Å². The summed E-state index contributed by atoms with van der Waals surface area (Å²) in [6.07, 6.45) is 2.05. The van der Waals surface area contributed by atoms with Gasteiger partial charge in [0.2, 0.25) is 0 Å². The van der Waals surface area contributed by atoms with Crippen molar-refractivity contribution in [1.29, 1.82) is 0 Å². The van der Waals surface area contributed by atoms with Gasteiger partial charge in [0, 0.05) is 24.7 Å². The van der Waals surface area contributed by atoms with Crippen LogP contribution in [0.2, 0.25) is 0 Å². The molecule has 0 fully saturated rings. The molecule has 0 aliphatic carbocycles. The Hall–Kier alpha value is -1.12. The molecule has 0 saturated heterocycles. The lowest BCUT2D eigenvalue weighted by molar-refractivity contribution is 0.764. The van der Waals surface area contributed by atoms with Crippen molar-refractivity contribution >= 4 is 5.82 Å². The fourth-order valence-corrected chi connectivity index (χ4v) is 1.42. The predicted molar refractivity (Wildman–Crippen MR) is 64.3 cm³/mol. The Balaban J connectivity index is 2.97. The first kappa shape index (κ1) is 12.0. The van der Waals surface area contributed by atoms with E-state index in [9.17, 15) is 0 Å². The molecule has 0 saturated carbocycles. The summed E-state index contributed by atoms with van der Waals surface area (Å²) < 4.78 is 0. The first-order chi connectivity index (χ1) is 7.17. The third-order valence-corrected chi connectivity index (χ3v) is 2.22. The van der Waals surface area contributed by atoms with Gasteiger partial charge in [-0.2, -0.15) is 0 Å². The van der Waals surface area contributed by atoms with Crippen molar-refractivity contribution < 1.29 is 0 Å². The molecule has 1 rings (SSSR count). The minimum absolute atomic E-state index is 0.459. The second-order valence-electron chi connectivity index (χ2n) is 4.03. The summed E-state index contributed by atoms with van der Waals surface area (Å²) in [4.78, 5) is 9.03. The van der Waals surface area contributed by atoms with Crippen molar-refractivity contribution in [3.05, 3.63) is 17.6 Å². The van der Waals surface area contributed by atoms with Crippen LogP contribution in [0.15, 0.2) is 6.07 Å². The average molecular weight is 207 g/mol. The monoisotopic (exact) mass is 207 g/mol. The molecule has 0 aromatic carbocycles. The van der Waals surface area contributed by atoms with E-state index in [-0.39, 0.29) is 0 Å². The van der Waals surface area contributed by atoms with Gasteiger partial charge in [-0.05, 0) is 19.3 Å². The van der Waals surface area contributed by atoms with Crippen LogP contribution in [-0.4, -0.2) is 16.5 Å². The molecule has 0 aliphatic rings. The lowest BCUT2D eigenvalue weighted by atomic mass is 10.1. The summed E-state index contributed by atoms with van der Waals surface area (Å²) in [6.45, 7) is 9.46. The van der Waals surface area contributed by atoms with Crippen molar-refractivity contribution in [3.63, 3.8) is 0 Å². The first-order valence-electron chi connectivity index (χ1n) is 5.79. The van der Waals surface area contributed by atoms with Gasteiger partial charge in [-0.3, -0.25) is 0 Å². The molecule has 0 unspecified atom stereocenters. The standard InChI is InChI=1S/C12H21N3/c1-5-7-11-14-10(9(3)4)8-12(15-11)13-6-2/h8-9H,5-7H2,1-4H3,(H,13,14,15). The van der Waals surface area contributed by atoms with E-state index in [1.807, 2.05) is 6.07 Å². The second kappa shape index (κ2) is 5.69. The third-order valence-electron chi connectivity index (χ3n) is 2.22. The van der Waals surface area contributed by atoms with Gasteiger partial charge < -0.3 is 5.32 Å². The number of nitrogens with zero attached hydrogens (tertiary/aromatic N) is 2. The summed E-state index contributed by atoms with van der Waals surface area (Å²) >= 11 is 0. The number of hydrogen-bond donors (Lipinski definition) is 1. The van der Waals surface area contributed by atoms with Crippen molar-refractivity contribution in [1.82, 2.24) is 9.97 Å². The third kappa shape index (κ3) is 3.50. The van der Waals surface area contributed by atoms with Crippen molar-refractivity contribution in [2.75, 3.05) is 11.9 Å². The van der Waals surface area contributed by atoms with Crippen LogP contribution in [-0.2, 0) is 6.42 Å². The molecule has 0 spiro atoms. The topological polar surface area (TPSA) is 37.8 Å². The molecule has 0 atom stereocenters. The highest BCUT2D eigenvalue weighted by molar-refractivity contribution is 5.36. The first-order valence-corrected chi connectivity index (χ1v) is 5.79. The molecule has 0 amide bonds. The van der Waals surface area contributed by atoms with E-state index in [2.05, 4.69) is 43.0 Å². The fourth-order valence-electron chi connectivity index (χ4n) is 1.42. The molecule has 0 aliphatic heterocycles. The molecule has 1 aromatic rings. The number of anilines is 1. The van der Waals surface area contributed by atoms with Crippen molar-refractivity contribution in [2.24, 2.45) is 0 Å². The zero-order valence-electron chi connectivity index (χ0n) is 10.2. The largest absolute Gasteiger partial charge is 0.370 e. The minimum Gasteiger partial charge on any atom is -0.370 e. The minimum atomic E-state index is 0.459. The van der Waals surface area contributed by atoms with E-state index in [0.29, 0.717) is 5.92 Å². The molecule has 1 aromatic heterocycles. The Bertz CT molecular complexity index is 283. The Morgan fingerprint density at radius 3 is 2.53 bits per heavy atom. The highest BCUT2D eigenvalue weighted by Crippen LogP contribution is 2.16. The van der Waals surface area contributed by atoms with E-state index in [0.717, 1.165) is 36.7 Å². The molecule has 15 heavy (non-hydrogen) atoms. The van der Waals surface area contributed by atoms with Gasteiger partial charge >= 0.3 is 0 Å². The van der Waals surface area contributed by atoms with Crippen LogP contribution in [0.5, 0.6) is 0 Å². The number of rotatable bonds is 5. The van der Waals surface area contributed by atoms with E-state index < -0.39 is 0 Å². The molecular weight excluding hydrogens is 186 g/mol. The van der Waals surface area contributed by atoms with Gasteiger partial charge in [0.15, 0.2) is 0 Å². The van der Waals surface area contributed by atoms with Crippen LogP contribution in [0.3, 0.4) is 0 Å². The molecule has 84 valence electrons. The quantitative estimate of drug-likeness (QED) is 0.806. The zero-order valence-corrected chi connectivity index (χ0v) is 10.2. The molecule has 0 bridgehead atoms. The average Bonchev–Trinajstić information content (AvgIpc) is 2.18. The SMILES string of the molecule is CCCc1nc(NCC)cc(C(C)C)n1. The van der Waals surface area contributed by atoms with Gasteiger partial charge in [0.05, 0.1) is 0 Å². The van der Waals surface area contributed by atoms with E-state index in [1.54, 1.807) is 0 Å². The summed E-state index contributed by atoms with van der Waals surface area (Å²) in [5.41, 5.74) is 1.13. The smallest absolute Gasteiger partial charge is 0.131 e. The number of aryl methyl sites for hydroxylation is 1. The lowest BCUT2D eigenvalue weighted by Crippen LogP contribution is -2.06. The maximum Gasteiger partial charge on any atom is 0.131 e. The Kier molecular flexibility index (Phi) is 4.53. The Morgan fingerprint density at radius 2 is 2.00 bits per heavy atom. The summed E-state index contributed by atoms with van der Waals surface area (Å²) in [5.74, 6) is 2.38. The van der Waals surface area contributed by atoms with Crippen LogP contribution in [0.4, 0.5) is 5.82 Å². The van der Waals surface area contributed by atoms with Gasteiger partial charge in [0.1, 0.15) is 11.6 Å². The van der Waals surface area contributed by atoms with Gasteiger partial charge in [0.25, 0.3) is 0 Å². The van der Waals surface area contributed by atoms with Crippen molar-refractivity contribution in [3.8, 4) is 0 Å². The maximum absolute atomic E-state index is 4.55. The zero-order chi connectivity index (χ0) is 11.3. The Morgan fingerprint density at radius 1 is 1.27 bits per heavy atom. The lowest BCUT2D eigenvalue weighted by Gasteiger charge is -2.10. The number of nitrogens with one attached hydrogen (secondary N) is 1. The van der Waals surface area contributed by atoms with Gasteiger partial charge in [-0.1, -0.05) is 20.8 Å². The molecule has 1 N–H and O–H groups in total. The van der Waals surface area contributed by atoms with Crippen molar-refractivity contribution in [2.45, 2.75) is 46.5 Å². The van der Waals surface area contributed by atoms with E-state index in [4.69, 9.17) is 0 Å². The van der Waals surface area contributed by atoms with E-state index >= 15 is 0 Å². The highest BCUT2D eigenvalue weighted by Gasteiger charge is 2.06. The predicted octanol–water partition coefficient (Wildman–Crippen LogP) is 2.98. The van der Waals surface area contributed by atoms with Crippen LogP contribution >= 0.6 is 0 Å². The van der Waals surface area contributed by atoms with E-state index in [1.165, 1.54) is 0 Å². The Labute approximate surface area is 92.3 Å². The van der Waals surface area contributed by atoms with Crippen LogP contribution < -0.4 is 5.32 Å². The molecule has 1 heterocycles. The molecular formula is C12H21N3. The molecule has 3 heteroatoms. The van der Waals surface area contributed by atoms with Crippen LogP contribution in [0.25, 0.3) is 0 Å². The second-order valence-corrected chi connectivity index (χ2v) is 4.03. The number of hydrogen-bond acceptors (Lipinski definition) is 3.